The molecule has 1 aliphatic heterocycles. The summed E-state index contributed by atoms with van der Waals surface area (Å²) in [5, 5.41) is 14.3. The lowest BCUT2D eigenvalue weighted by Gasteiger charge is -2.31. The van der Waals surface area contributed by atoms with Crippen LogP contribution < -0.4 is 0 Å². The van der Waals surface area contributed by atoms with Crippen LogP contribution in [0.4, 0.5) is 0 Å². The predicted octanol–water partition coefficient (Wildman–Crippen LogP) is 2.57. The Morgan fingerprint density at radius 2 is 1.85 bits per heavy atom. The van der Waals surface area contributed by atoms with Crippen LogP contribution >= 0.6 is 0 Å². The molecular formula is C20H20N4O3. The molecule has 0 aliphatic carbocycles. The van der Waals surface area contributed by atoms with Gasteiger partial charge in [0.1, 0.15) is 5.69 Å². The molecule has 138 valence electrons. The van der Waals surface area contributed by atoms with Crippen molar-refractivity contribution >= 4 is 5.91 Å². The van der Waals surface area contributed by atoms with Crippen LogP contribution in [0.1, 0.15) is 36.3 Å². The van der Waals surface area contributed by atoms with E-state index in [1.54, 1.807) is 23.2 Å². The lowest BCUT2D eigenvalue weighted by atomic mass is 9.96. The molecule has 0 radical (unpaired) electrons. The number of rotatable bonds is 4. The highest BCUT2D eigenvalue weighted by molar-refractivity contribution is 5.82. The van der Waals surface area contributed by atoms with Gasteiger partial charge in [0.15, 0.2) is 6.10 Å². The Hall–Kier alpha value is -3.06. The fourth-order valence-electron chi connectivity index (χ4n) is 3.30. The Kier molecular flexibility index (Phi) is 4.93. The number of aliphatic hydroxyl groups excluding tert-OH is 1. The van der Waals surface area contributed by atoms with Crippen molar-refractivity contribution in [3.63, 3.8) is 0 Å². The topological polar surface area (TPSA) is 92.3 Å². The molecule has 1 amide bonds. The number of amides is 1. The fourth-order valence-corrected chi connectivity index (χ4v) is 3.30. The monoisotopic (exact) mass is 364 g/mol. The number of carbonyl (C=O) groups excluding carboxylic acids is 1. The average Bonchev–Trinajstić information content (AvgIpc) is 3.24. The molecule has 0 saturated carbocycles. The molecular weight excluding hydrogens is 344 g/mol. The first kappa shape index (κ1) is 17.4. The van der Waals surface area contributed by atoms with Crippen LogP contribution in [0.25, 0.3) is 11.5 Å². The number of aliphatic hydroxyl groups is 1. The van der Waals surface area contributed by atoms with Gasteiger partial charge in [0.2, 0.25) is 11.7 Å². The van der Waals surface area contributed by atoms with Crippen molar-refractivity contribution < 1.29 is 14.4 Å². The van der Waals surface area contributed by atoms with Crippen LogP contribution in [0, 0.1) is 0 Å². The van der Waals surface area contributed by atoms with Gasteiger partial charge in [0.25, 0.3) is 5.91 Å². The molecule has 4 rings (SSSR count). The third kappa shape index (κ3) is 3.73. The largest absolute Gasteiger partial charge is 0.378 e. The minimum atomic E-state index is -1.12. The number of benzene rings is 1. The van der Waals surface area contributed by atoms with Gasteiger partial charge >= 0.3 is 0 Å². The third-order valence-electron chi connectivity index (χ3n) is 4.84. The molecule has 1 atom stereocenters. The second-order valence-corrected chi connectivity index (χ2v) is 6.58. The van der Waals surface area contributed by atoms with Gasteiger partial charge in [-0.3, -0.25) is 9.78 Å². The number of hydrogen-bond acceptors (Lipinski definition) is 6. The Bertz CT molecular complexity index is 890. The summed E-state index contributed by atoms with van der Waals surface area (Å²) in [7, 11) is 0. The number of nitrogens with zero attached hydrogens (tertiary/aromatic N) is 4. The zero-order chi connectivity index (χ0) is 18.6. The molecule has 7 nitrogen and oxygen atoms in total. The lowest BCUT2D eigenvalue weighted by molar-refractivity contribution is -0.141. The molecule has 1 saturated heterocycles. The molecule has 1 aliphatic rings. The number of aromatic nitrogens is 3. The van der Waals surface area contributed by atoms with E-state index in [0.717, 1.165) is 12.8 Å². The van der Waals surface area contributed by atoms with Crippen LogP contribution in [0.5, 0.6) is 0 Å². The highest BCUT2D eigenvalue weighted by atomic mass is 16.5. The average molecular weight is 364 g/mol. The summed E-state index contributed by atoms with van der Waals surface area (Å²) < 4.78 is 5.42. The molecule has 27 heavy (non-hydrogen) atoms. The van der Waals surface area contributed by atoms with Crippen LogP contribution in [-0.4, -0.2) is 44.1 Å². The maximum Gasteiger partial charge on any atom is 0.256 e. The maximum absolute atomic E-state index is 12.5. The van der Waals surface area contributed by atoms with Crippen molar-refractivity contribution in [2.75, 3.05) is 13.1 Å². The van der Waals surface area contributed by atoms with Crippen LogP contribution in [0.15, 0.2) is 59.3 Å². The van der Waals surface area contributed by atoms with Crippen molar-refractivity contribution in [2.45, 2.75) is 24.9 Å². The standard InChI is InChI=1S/C20H20N4O3/c25-17(14-6-2-1-3-7-14)20(26)24-12-9-15(10-13-24)19-22-18(23-27-19)16-8-4-5-11-21-16/h1-8,11,15,17,25H,9-10,12-13H2/t17-/m1/s1. The molecule has 3 aromatic rings. The van der Waals surface area contributed by atoms with E-state index in [9.17, 15) is 9.90 Å². The van der Waals surface area contributed by atoms with E-state index < -0.39 is 6.10 Å². The second kappa shape index (κ2) is 7.67. The highest BCUT2D eigenvalue weighted by Crippen LogP contribution is 2.29. The molecule has 2 aromatic heterocycles. The molecule has 1 aromatic carbocycles. The number of likely N-dealkylation sites (tertiary alicyclic amines) is 1. The van der Waals surface area contributed by atoms with Crippen molar-refractivity contribution in [1.29, 1.82) is 0 Å². The highest BCUT2D eigenvalue weighted by Gasteiger charge is 2.30. The lowest BCUT2D eigenvalue weighted by Crippen LogP contribution is -2.40. The first-order chi connectivity index (χ1) is 13.2. The third-order valence-corrected chi connectivity index (χ3v) is 4.84. The smallest absolute Gasteiger partial charge is 0.256 e. The summed E-state index contributed by atoms with van der Waals surface area (Å²) in [5.41, 5.74) is 1.28. The SMILES string of the molecule is O=C([C@H](O)c1ccccc1)N1CCC(c2nc(-c3ccccn3)no2)CC1. The van der Waals surface area contributed by atoms with Gasteiger partial charge in [0, 0.05) is 25.2 Å². The van der Waals surface area contributed by atoms with Gasteiger partial charge < -0.3 is 14.5 Å². The molecule has 0 unspecified atom stereocenters. The summed E-state index contributed by atoms with van der Waals surface area (Å²) in [4.78, 5) is 22.9. The van der Waals surface area contributed by atoms with E-state index in [0.29, 0.717) is 36.1 Å². The van der Waals surface area contributed by atoms with E-state index in [1.807, 2.05) is 36.4 Å². The van der Waals surface area contributed by atoms with Crippen molar-refractivity contribution in [3.8, 4) is 11.5 Å². The number of carbonyl (C=O) groups is 1. The van der Waals surface area contributed by atoms with Crippen LogP contribution in [0.3, 0.4) is 0 Å². The van der Waals surface area contributed by atoms with Gasteiger partial charge in [-0.1, -0.05) is 41.6 Å². The molecule has 1 N–H and O–H groups in total. The molecule has 0 bridgehead atoms. The van der Waals surface area contributed by atoms with E-state index >= 15 is 0 Å². The summed E-state index contributed by atoms with van der Waals surface area (Å²) in [5.74, 6) is 0.891. The van der Waals surface area contributed by atoms with Gasteiger partial charge in [-0.15, -0.1) is 0 Å². The summed E-state index contributed by atoms with van der Waals surface area (Å²) >= 11 is 0. The normalized spacial score (nSPS) is 16.3. The van der Waals surface area contributed by atoms with Crippen molar-refractivity contribution in [3.05, 3.63) is 66.2 Å². The molecule has 0 spiro atoms. The number of hydrogen-bond donors (Lipinski definition) is 1. The van der Waals surface area contributed by atoms with Gasteiger partial charge in [-0.25, -0.2) is 0 Å². The Morgan fingerprint density at radius 3 is 2.56 bits per heavy atom. The van der Waals surface area contributed by atoms with Crippen molar-refractivity contribution in [2.24, 2.45) is 0 Å². The van der Waals surface area contributed by atoms with E-state index in [2.05, 4.69) is 15.1 Å². The number of pyridine rings is 1. The van der Waals surface area contributed by atoms with Crippen molar-refractivity contribution in [1.82, 2.24) is 20.0 Å². The van der Waals surface area contributed by atoms with E-state index in [-0.39, 0.29) is 11.8 Å². The Balaban J connectivity index is 1.38. The van der Waals surface area contributed by atoms with Crippen LogP contribution in [0.2, 0.25) is 0 Å². The quantitative estimate of drug-likeness (QED) is 0.765. The summed E-state index contributed by atoms with van der Waals surface area (Å²) in [6.45, 7) is 1.10. The van der Waals surface area contributed by atoms with E-state index in [4.69, 9.17) is 4.52 Å². The summed E-state index contributed by atoms with van der Waals surface area (Å²) in [6, 6.07) is 14.5. The zero-order valence-electron chi connectivity index (χ0n) is 14.7. The first-order valence-corrected chi connectivity index (χ1v) is 8.99. The van der Waals surface area contributed by atoms with E-state index in [1.165, 1.54) is 0 Å². The van der Waals surface area contributed by atoms with Gasteiger partial charge in [-0.05, 0) is 30.5 Å². The summed E-state index contributed by atoms with van der Waals surface area (Å²) in [6.07, 6.45) is 2.00. The minimum absolute atomic E-state index is 0.105. The Morgan fingerprint density at radius 1 is 1.11 bits per heavy atom. The zero-order valence-corrected chi connectivity index (χ0v) is 14.7. The maximum atomic E-state index is 12.5. The first-order valence-electron chi connectivity index (χ1n) is 8.99. The van der Waals surface area contributed by atoms with Gasteiger partial charge in [0.05, 0.1) is 0 Å². The molecule has 7 heteroatoms. The molecule has 3 heterocycles. The second-order valence-electron chi connectivity index (χ2n) is 6.58. The number of piperidine rings is 1. The molecule has 1 fully saturated rings. The fraction of sp³-hybridized carbons (Fsp3) is 0.300. The van der Waals surface area contributed by atoms with Crippen LogP contribution in [-0.2, 0) is 4.79 Å². The van der Waals surface area contributed by atoms with Gasteiger partial charge in [-0.2, -0.15) is 4.98 Å². The minimum Gasteiger partial charge on any atom is -0.378 e. The predicted molar refractivity (Wildman–Crippen MR) is 97.5 cm³/mol. The Labute approximate surface area is 156 Å².